The topological polar surface area (TPSA) is 275 Å². The number of hydrogen-bond acceptors (Lipinski definition) is 17. The number of aliphatic hydroxyl groups is 1. The lowest BCUT2D eigenvalue weighted by atomic mass is 10.1. The zero-order chi connectivity index (χ0) is 31.8. The number of ether oxygens (including phenoxy) is 2. The third kappa shape index (κ3) is 5.56. The molecule has 20 nitrogen and oxygen atoms in total. The molecule has 25 heteroatoms. The molecule has 45 heavy (non-hydrogen) atoms. The zero-order valence-corrected chi connectivity index (χ0v) is 25.8. The number of aliphatic hydroxyl groups excluding tert-OH is 1. The molecule has 8 N–H and O–H groups in total. The van der Waals surface area contributed by atoms with Crippen LogP contribution >= 0.6 is 13.4 Å². The summed E-state index contributed by atoms with van der Waals surface area (Å²) in [5.74, 6) is -0.171. The summed E-state index contributed by atoms with van der Waals surface area (Å²) >= 11 is 10.4. The van der Waals surface area contributed by atoms with E-state index in [1.54, 1.807) is 0 Å². The Morgan fingerprint density at radius 3 is 2.27 bits per heavy atom. The number of nitrogens with two attached hydrogens (primary N) is 2. The molecule has 3 fully saturated rings. The number of H-pyrrole nitrogens is 1. The van der Waals surface area contributed by atoms with Crippen LogP contribution in [-0.4, -0.2) is 104 Å². The molecule has 10 atom stereocenters. The van der Waals surface area contributed by atoms with Crippen LogP contribution in [0.15, 0.2) is 23.8 Å². The van der Waals surface area contributed by atoms with Crippen molar-refractivity contribution in [3.8, 4) is 0 Å². The van der Waals surface area contributed by atoms with Gasteiger partial charge in [-0.15, -0.1) is 0 Å². The fourth-order valence-corrected chi connectivity index (χ4v) is 8.11. The Bertz CT molecular complexity index is 1950. The molecule has 3 aliphatic heterocycles. The highest BCUT2D eigenvalue weighted by Gasteiger charge is 2.53. The second-order valence-electron chi connectivity index (χ2n) is 10.1. The number of nitrogen functional groups attached to an aromatic ring is 2. The molecule has 0 amide bonds. The number of nitrogens with one attached hydrogen (secondary N) is 1. The Morgan fingerprint density at radius 1 is 0.911 bits per heavy atom. The number of rotatable bonds is 2. The van der Waals surface area contributed by atoms with Gasteiger partial charge in [-0.25, -0.2) is 24.3 Å². The van der Waals surface area contributed by atoms with Crippen molar-refractivity contribution in [2.75, 3.05) is 24.7 Å². The predicted molar refractivity (Wildman–Crippen MR) is 156 cm³/mol. The molecule has 0 aromatic carbocycles. The molecule has 7 rings (SSSR count). The van der Waals surface area contributed by atoms with Gasteiger partial charge < -0.3 is 44.9 Å². The van der Waals surface area contributed by atoms with Gasteiger partial charge in [0, 0.05) is 0 Å². The standard InChI is InChI=1S/C20H23FN10O10P2S2/c21-8-12-7(39-18(8)31-5-27-10-16(31)28-20(23)29-17(10)33)2-37-43(35,45)41-13-11(32)6(1-36-42(34,44)40-12)38-19(13)30-4-26-9-14(22)24-3-25-15(9)30/h3-8,11-13,18-19,32H,1-2H2,(H,34,44)(H,35,45)(H2,22,24,25)(H3,23,28,29,33)/t6-,7-,8-,11-,12-,13-,18-,19-,42?,43?/m1/s1. The number of alkyl halides is 1. The molecule has 0 aliphatic carbocycles. The molecular formula is C20H23FN10O10P2S2. The van der Waals surface area contributed by atoms with E-state index in [1.165, 1.54) is 17.2 Å². The second-order valence-corrected chi connectivity index (χ2v) is 15.7. The van der Waals surface area contributed by atoms with Crippen molar-refractivity contribution >= 4 is 71.1 Å². The molecule has 0 saturated carbocycles. The van der Waals surface area contributed by atoms with E-state index in [2.05, 4.69) is 29.9 Å². The van der Waals surface area contributed by atoms with Crippen LogP contribution in [0, 0.1) is 0 Å². The average Bonchev–Trinajstić information content (AvgIpc) is 3.72. The molecular weight excluding hydrogens is 685 g/mol. The van der Waals surface area contributed by atoms with Crippen molar-refractivity contribution in [2.45, 2.75) is 49.1 Å². The van der Waals surface area contributed by atoms with Crippen LogP contribution in [0.3, 0.4) is 0 Å². The summed E-state index contributed by atoms with van der Waals surface area (Å²) in [5.41, 5.74) is 11.1. The normalized spacial score (nSPS) is 37.7. The van der Waals surface area contributed by atoms with Crippen molar-refractivity contribution in [2.24, 2.45) is 0 Å². The molecule has 242 valence electrons. The number of hydrogen-bond donors (Lipinski definition) is 6. The summed E-state index contributed by atoms with van der Waals surface area (Å²) in [4.78, 5) is 56.7. The molecule has 3 saturated heterocycles. The van der Waals surface area contributed by atoms with E-state index in [-0.39, 0.29) is 34.1 Å². The van der Waals surface area contributed by atoms with Crippen LogP contribution in [0.2, 0.25) is 0 Å². The first-order valence-corrected chi connectivity index (χ1v) is 18.1. The molecule has 4 aromatic heterocycles. The summed E-state index contributed by atoms with van der Waals surface area (Å²) in [6.45, 7) is -9.71. The highest BCUT2D eigenvalue weighted by Crippen LogP contribution is 2.54. The average molecular weight is 709 g/mol. The number of aromatic nitrogens is 8. The van der Waals surface area contributed by atoms with E-state index in [9.17, 15) is 19.7 Å². The van der Waals surface area contributed by atoms with E-state index >= 15 is 4.39 Å². The number of halogens is 1. The van der Waals surface area contributed by atoms with Gasteiger partial charge in [0.2, 0.25) is 5.95 Å². The fourth-order valence-electron chi connectivity index (χ4n) is 5.26. The largest absolute Gasteiger partial charge is 0.387 e. The third-order valence-corrected chi connectivity index (χ3v) is 10.4. The lowest BCUT2D eigenvalue weighted by Crippen LogP contribution is -2.35. The Morgan fingerprint density at radius 2 is 1.53 bits per heavy atom. The van der Waals surface area contributed by atoms with E-state index < -0.39 is 81.4 Å². The van der Waals surface area contributed by atoms with Crippen molar-refractivity contribution in [1.29, 1.82) is 0 Å². The maximum atomic E-state index is 16.0. The highest BCUT2D eigenvalue weighted by molar-refractivity contribution is 8.07. The Balaban J connectivity index is 1.21. The van der Waals surface area contributed by atoms with Gasteiger partial charge in [-0.05, 0) is 23.6 Å². The summed E-state index contributed by atoms with van der Waals surface area (Å²) in [5, 5.41) is 11.1. The molecule has 2 unspecified atom stereocenters. The quantitative estimate of drug-likeness (QED) is 0.134. The van der Waals surface area contributed by atoms with E-state index in [0.29, 0.717) is 0 Å². The Labute approximate surface area is 259 Å². The molecule has 3 aliphatic rings. The molecule has 0 spiro atoms. The zero-order valence-electron chi connectivity index (χ0n) is 22.3. The van der Waals surface area contributed by atoms with Gasteiger partial charge in [0.25, 0.3) is 5.56 Å². The lowest BCUT2D eigenvalue weighted by Gasteiger charge is -2.27. The number of fused-ring (bicyclic) bond motifs is 5. The predicted octanol–water partition coefficient (Wildman–Crippen LogP) is -1.13. The van der Waals surface area contributed by atoms with E-state index in [1.807, 2.05) is 0 Å². The number of anilines is 2. The van der Waals surface area contributed by atoms with Gasteiger partial charge in [0.1, 0.15) is 42.4 Å². The number of nitrogens with zero attached hydrogens (tertiary/aromatic N) is 7. The minimum absolute atomic E-state index is 0.0795. The van der Waals surface area contributed by atoms with Crippen LogP contribution < -0.4 is 17.0 Å². The minimum atomic E-state index is -4.27. The van der Waals surface area contributed by atoms with Crippen molar-refractivity contribution in [3.63, 3.8) is 0 Å². The summed E-state index contributed by atoms with van der Waals surface area (Å²) in [6.07, 6.45) is -8.36. The van der Waals surface area contributed by atoms with Gasteiger partial charge in [-0.3, -0.25) is 28.0 Å². The van der Waals surface area contributed by atoms with E-state index in [0.717, 1.165) is 10.9 Å². The monoisotopic (exact) mass is 708 g/mol. The Hall–Kier alpha value is -2.63. The van der Waals surface area contributed by atoms with Crippen LogP contribution in [0.4, 0.5) is 16.2 Å². The van der Waals surface area contributed by atoms with E-state index in [4.69, 9.17) is 62.6 Å². The van der Waals surface area contributed by atoms with Crippen LogP contribution in [0.1, 0.15) is 12.5 Å². The lowest BCUT2D eigenvalue weighted by molar-refractivity contribution is -0.0602. The fraction of sp³-hybridized carbons (Fsp3) is 0.500. The van der Waals surface area contributed by atoms with Gasteiger partial charge in [0.15, 0.2) is 41.3 Å². The van der Waals surface area contributed by atoms with Crippen LogP contribution in [0.5, 0.6) is 0 Å². The molecule has 4 aromatic rings. The maximum Gasteiger partial charge on any atom is 0.325 e. The van der Waals surface area contributed by atoms with Crippen molar-refractivity contribution in [3.05, 3.63) is 29.3 Å². The number of aromatic amines is 1. The van der Waals surface area contributed by atoms with Gasteiger partial charge in [0.05, 0.1) is 25.9 Å². The first-order valence-electron chi connectivity index (χ1n) is 12.9. The van der Waals surface area contributed by atoms with Crippen LogP contribution in [-0.2, 0) is 51.2 Å². The minimum Gasteiger partial charge on any atom is -0.387 e. The van der Waals surface area contributed by atoms with Gasteiger partial charge in [-0.2, -0.15) is 4.98 Å². The van der Waals surface area contributed by atoms with Gasteiger partial charge >= 0.3 is 13.4 Å². The number of imidazole rings is 2. The Kier molecular flexibility index (Phi) is 7.76. The third-order valence-electron chi connectivity index (χ3n) is 7.28. The van der Waals surface area contributed by atoms with Gasteiger partial charge in [-0.1, -0.05) is 0 Å². The summed E-state index contributed by atoms with van der Waals surface area (Å²) in [7, 11) is 0. The summed E-state index contributed by atoms with van der Waals surface area (Å²) in [6, 6.07) is 0. The van der Waals surface area contributed by atoms with Crippen molar-refractivity contribution in [1.82, 2.24) is 39.0 Å². The molecule has 2 bridgehead atoms. The second kappa shape index (κ2) is 11.3. The smallest absolute Gasteiger partial charge is 0.325 e. The SMILES string of the molecule is Nc1nc2c(ncn2[C@@H]2O[C@@H]3COP(O)(=S)O[C@@H]4[C@H](O)[C@@H](COP(O)(=S)O[C@H]3[C@H]2F)O[C@H]4n2cnc3c(N)ncnc32)c(=O)[nH]1. The maximum absolute atomic E-state index is 16.0. The molecule has 0 radical (unpaired) electrons. The molecule has 7 heterocycles. The van der Waals surface area contributed by atoms with Crippen molar-refractivity contribution < 1.29 is 46.9 Å². The first-order chi connectivity index (χ1) is 21.3. The highest BCUT2D eigenvalue weighted by atomic mass is 32.5. The van der Waals surface area contributed by atoms with Crippen LogP contribution in [0.25, 0.3) is 22.3 Å². The first kappa shape index (κ1) is 31.0. The summed E-state index contributed by atoms with van der Waals surface area (Å²) < 4.78 is 52.6.